The number of halogens is 1. The van der Waals surface area contributed by atoms with Gasteiger partial charge in [0.2, 0.25) is 11.6 Å². The highest BCUT2D eigenvalue weighted by Gasteiger charge is 2.68. The van der Waals surface area contributed by atoms with Gasteiger partial charge in [-0.15, -0.1) is 0 Å². The maximum atomic E-state index is 13.3. The molecule has 0 N–H and O–H groups in total. The van der Waals surface area contributed by atoms with E-state index >= 15 is 0 Å². The monoisotopic (exact) mass is 401 g/mol. The number of rotatable bonds is 3. The van der Waals surface area contributed by atoms with E-state index in [1.165, 1.54) is 20.3 Å². The Hall–Kier alpha value is -1.22. The van der Waals surface area contributed by atoms with Crippen molar-refractivity contribution in [1.82, 2.24) is 4.90 Å². The average molecular weight is 401 g/mol. The Bertz CT molecular complexity index is 645. The molecule has 1 saturated carbocycles. The standard InChI is InChI=1S/C20H32FNO6/c1-17(2,3)28-16(23)22-12-14-15(13(8-11-21)20(22)9-10-20)27-19(5,25-7)18(4,24-6)26-14/h8,11,13-15H,9-10,12H2,1-7H3/b11-8-/t13-,14-,15-,18+,19+/m1/s1. The summed E-state index contributed by atoms with van der Waals surface area (Å²) >= 11 is 0. The van der Waals surface area contributed by atoms with Crippen LogP contribution in [-0.4, -0.2) is 66.7 Å². The highest BCUT2D eigenvalue weighted by atomic mass is 19.1. The molecule has 0 aromatic carbocycles. The number of nitrogens with zero attached hydrogens (tertiary/aromatic N) is 1. The molecule has 0 aromatic heterocycles. The molecule has 1 spiro atoms. The number of hydrogen-bond acceptors (Lipinski definition) is 6. The number of methoxy groups -OCH3 is 2. The predicted octanol–water partition coefficient (Wildman–Crippen LogP) is 3.38. The Morgan fingerprint density at radius 3 is 2.18 bits per heavy atom. The lowest BCUT2D eigenvalue weighted by atomic mass is 9.81. The van der Waals surface area contributed by atoms with Crippen molar-refractivity contribution in [2.24, 2.45) is 5.92 Å². The highest BCUT2D eigenvalue weighted by molar-refractivity contribution is 5.70. The Morgan fingerprint density at radius 2 is 1.71 bits per heavy atom. The van der Waals surface area contributed by atoms with Crippen molar-refractivity contribution in [3.8, 4) is 0 Å². The molecule has 0 bridgehead atoms. The molecule has 3 aliphatic rings. The Morgan fingerprint density at radius 1 is 1.14 bits per heavy atom. The van der Waals surface area contributed by atoms with E-state index in [2.05, 4.69) is 0 Å². The summed E-state index contributed by atoms with van der Waals surface area (Å²) in [6.07, 6.45) is 2.03. The minimum absolute atomic E-state index is 0.273. The smallest absolute Gasteiger partial charge is 0.410 e. The molecule has 5 atom stereocenters. The summed E-state index contributed by atoms with van der Waals surface area (Å²) in [6, 6.07) is 0. The van der Waals surface area contributed by atoms with Gasteiger partial charge in [0, 0.05) is 20.1 Å². The molecule has 28 heavy (non-hydrogen) atoms. The Kier molecular flexibility index (Phi) is 5.32. The van der Waals surface area contributed by atoms with Crippen LogP contribution in [0.3, 0.4) is 0 Å². The van der Waals surface area contributed by atoms with Crippen LogP contribution in [0.15, 0.2) is 12.4 Å². The quantitative estimate of drug-likeness (QED) is 0.722. The van der Waals surface area contributed by atoms with Crippen molar-refractivity contribution in [3.63, 3.8) is 0 Å². The van der Waals surface area contributed by atoms with Crippen LogP contribution in [-0.2, 0) is 23.7 Å². The largest absolute Gasteiger partial charge is 0.444 e. The number of likely N-dealkylation sites (tertiary alicyclic amines) is 1. The zero-order valence-electron chi connectivity index (χ0n) is 17.8. The van der Waals surface area contributed by atoms with E-state index in [0.717, 1.165) is 12.8 Å². The van der Waals surface area contributed by atoms with Crippen LogP contribution in [0.1, 0.15) is 47.5 Å². The maximum Gasteiger partial charge on any atom is 0.410 e. The van der Waals surface area contributed by atoms with Crippen LogP contribution < -0.4 is 0 Å². The van der Waals surface area contributed by atoms with Crippen LogP contribution >= 0.6 is 0 Å². The minimum atomic E-state index is -1.19. The van der Waals surface area contributed by atoms with E-state index in [4.69, 9.17) is 23.7 Å². The molecule has 8 heteroatoms. The zero-order valence-corrected chi connectivity index (χ0v) is 17.8. The second-order valence-electron chi connectivity index (χ2n) is 9.08. The fourth-order valence-electron chi connectivity index (χ4n) is 4.34. The zero-order chi connectivity index (χ0) is 21.0. The summed E-state index contributed by atoms with van der Waals surface area (Å²) in [4.78, 5) is 14.6. The normalized spacial score (nSPS) is 39.9. The first-order chi connectivity index (χ1) is 13.0. The van der Waals surface area contributed by atoms with E-state index in [9.17, 15) is 9.18 Å². The van der Waals surface area contributed by atoms with Crippen LogP contribution in [0, 0.1) is 5.92 Å². The summed E-state index contributed by atoms with van der Waals surface area (Å²) < 4.78 is 42.7. The molecule has 1 amide bonds. The van der Waals surface area contributed by atoms with Crippen molar-refractivity contribution in [1.29, 1.82) is 0 Å². The van der Waals surface area contributed by atoms with Gasteiger partial charge in [0.15, 0.2) is 0 Å². The number of carbonyl (C=O) groups excluding carboxylic acids is 1. The molecule has 3 rings (SSSR count). The number of amides is 1. The van der Waals surface area contributed by atoms with E-state index in [0.29, 0.717) is 6.33 Å². The van der Waals surface area contributed by atoms with E-state index < -0.39 is 41.0 Å². The number of carbonyl (C=O) groups is 1. The molecule has 7 nitrogen and oxygen atoms in total. The van der Waals surface area contributed by atoms with Gasteiger partial charge in [-0.05, 0) is 53.5 Å². The fraction of sp³-hybridized carbons (Fsp3) is 0.850. The topological polar surface area (TPSA) is 66.5 Å². The molecule has 2 heterocycles. The number of piperidine rings is 1. The van der Waals surface area contributed by atoms with Crippen LogP contribution in [0.4, 0.5) is 9.18 Å². The molecule has 160 valence electrons. The second-order valence-corrected chi connectivity index (χ2v) is 9.08. The molecular formula is C20H32FNO6. The summed E-state index contributed by atoms with van der Waals surface area (Å²) in [5.41, 5.74) is -1.17. The summed E-state index contributed by atoms with van der Waals surface area (Å²) in [5.74, 6) is -2.77. The van der Waals surface area contributed by atoms with Gasteiger partial charge in [0.05, 0.1) is 24.5 Å². The van der Waals surface area contributed by atoms with Gasteiger partial charge in [0.25, 0.3) is 0 Å². The van der Waals surface area contributed by atoms with Gasteiger partial charge in [0.1, 0.15) is 11.7 Å². The first kappa shape index (κ1) is 21.5. The van der Waals surface area contributed by atoms with Gasteiger partial charge in [-0.2, -0.15) is 0 Å². The SMILES string of the molecule is CO[C@@]1(C)O[C@@H]2[C@@H](/C=C\F)C3(CC3)N(C(=O)OC(C)(C)C)C[C@H]2O[C@]1(C)OC. The van der Waals surface area contributed by atoms with E-state index in [1.807, 2.05) is 20.8 Å². The fourth-order valence-corrected chi connectivity index (χ4v) is 4.34. The third-order valence-corrected chi connectivity index (χ3v) is 6.24. The van der Waals surface area contributed by atoms with Crippen LogP contribution in [0.2, 0.25) is 0 Å². The Labute approximate surface area is 166 Å². The molecule has 0 aromatic rings. The van der Waals surface area contributed by atoms with Crippen molar-refractivity contribution >= 4 is 6.09 Å². The molecule has 0 radical (unpaired) electrons. The lowest BCUT2D eigenvalue weighted by Crippen LogP contribution is -2.72. The van der Waals surface area contributed by atoms with Crippen molar-refractivity contribution in [2.75, 3.05) is 20.8 Å². The second kappa shape index (κ2) is 6.93. The molecular weight excluding hydrogens is 369 g/mol. The van der Waals surface area contributed by atoms with Crippen molar-refractivity contribution in [2.45, 2.75) is 82.4 Å². The van der Waals surface area contributed by atoms with Crippen molar-refractivity contribution in [3.05, 3.63) is 12.4 Å². The van der Waals surface area contributed by atoms with E-state index in [1.54, 1.807) is 18.7 Å². The van der Waals surface area contributed by atoms with Crippen LogP contribution in [0.25, 0.3) is 0 Å². The summed E-state index contributed by atoms with van der Waals surface area (Å²) in [5, 5.41) is 0. The predicted molar refractivity (Wildman–Crippen MR) is 99.2 cm³/mol. The first-order valence-corrected chi connectivity index (χ1v) is 9.69. The molecule has 3 fully saturated rings. The highest BCUT2D eigenvalue weighted by Crippen LogP contribution is 2.56. The third kappa shape index (κ3) is 3.34. The van der Waals surface area contributed by atoms with Gasteiger partial charge in [-0.3, -0.25) is 4.90 Å². The first-order valence-electron chi connectivity index (χ1n) is 9.69. The lowest BCUT2D eigenvalue weighted by molar-refractivity contribution is -0.456. The molecule has 2 aliphatic heterocycles. The Balaban J connectivity index is 1.96. The van der Waals surface area contributed by atoms with Crippen molar-refractivity contribution < 1.29 is 32.9 Å². The van der Waals surface area contributed by atoms with Gasteiger partial charge < -0.3 is 23.7 Å². The van der Waals surface area contributed by atoms with Gasteiger partial charge in [-0.1, -0.05) is 0 Å². The number of hydrogen-bond donors (Lipinski definition) is 0. The van der Waals surface area contributed by atoms with Gasteiger partial charge in [-0.25, -0.2) is 9.18 Å². The summed E-state index contributed by atoms with van der Waals surface area (Å²) in [7, 11) is 3.03. The minimum Gasteiger partial charge on any atom is -0.444 e. The molecule has 2 saturated heterocycles. The lowest BCUT2D eigenvalue weighted by Gasteiger charge is -2.58. The van der Waals surface area contributed by atoms with E-state index in [-0.39, 0.29) is 12.5 Å². The summed E-state index contributed by atoms with van der Waals surface area (Å²) in [6.45, 7) is 9.21. The molecule has 0 unspecified atom stereocenters. The number of ether oxygens (including phenoxy) is 5. The third-order valence-electron chi connectivity index (χ3n) is 6.24. The maximum absolute atomic E-state index is 13.3. The number of fused-ring (bicyclic) bond motifs is 1. The average Bonchev–Trinajstić information content (AvgIpc) is 3.39. The van der Waals surface area contributed by atoms with Gasteiger partial charge >= 0.3 is 6.09 Å². The molecule has 1 aliphatic carbocycles. The van der Waals surface area contributed by atoms with Crippen LogP contribution in [0.5, 0.6) is 0 Å².